The smallest absolute Gasteiger partial charge is 0.297 e. The van der Waals surface area contributed by atoms with E-state index in [-0.39, 0.29) is 18.1 Å². The average Bonchev–Trinajstić information content (AvgIpc) is 2.94. The number of hydrogen-bond acceptors (Lipinski definition) is 12. The molecule has 42 heavy (non-hydrogen) atoms. The molecule has 0 bridgehead atoms. The van der Waals surface area contributed by atoms with Crippen molar-refractivity contribution in [2.45, 2.75) is 31.5 Å². The van der Waals surface area contributed by atoms with Crippen molar-refractivity contribution >= 4 is 18.4 Å². The number of rotatable bonds is 30. The van der Waals surface area contributed by atoms with Gasteiger partial charge in [-0.05, 0) is 38.7 Å². The fourth-order valence-corrected chi connectivity index (χ4v) is 4.61. The quantitative estimate of drug-likeness (QED) is 0.0697. The first-order valence-corrected chi connectivity index (χ1v) is 19.2. The van der Waals surface area contributed by atoms with Crippen LogP contribution >= 0.6 is 0 Å². The molecule has 0 N–H and O–H groups in total. The van der Waals surface area contributed by atoms with Crippen LogP contribution in [0.15, 0.2) is 29.2 Å². The summed E-state index contributed by atoms with van der Waals surface area (Å²) in [5.74, 6) is 0. The molecule has 0 amide bonds. The lowest BCUT2D eigenvalue weighted by Gasteiger charge is -2.16. The molecule has 0 spiro atoms. The monoisotopic (exact) mass is 640 g/mol. The third kappa shape index (κ3) is 24.4. The predicted molar refractivity (Wildman–Crippen MR) is 160 cm³/mol. The first kappa shape index (κ1) is 39.0. The minimum absolute atomic E-state index is 0.0550. The zero-order chi connectivity index (χ0) is 30.8. The van der Waals surface area contributed by atoms with Gasteiger partial charge in [-0.3, -0.25) is 4.18 Å². The lowest BCUT2D eigenvalue weighted by molar-refractivity contribution is -0.0241. The van der Waals surface area contributed by atoms with Gasteiger partial charge in [0.25, 0.3) is 10.1 Å². The van der Waals surface area contributed by atoms with Gasteiger partial charge in [0.15, 0.2) is 8.32 Å². The van der Waals surface area contributed by atoms with Crippen LogP contribution < -0.4 is 0 Å². The Labute approximate surface area is 253 Å². The number of benzene rings is 1. The van der Waals surface area contributed by atoms with E-state index in [9.17, 15) is 8.42 Å². The van der Waals surface area contributed by atoms with Crippen LogP contribution in [0.1, 0.15) is 5.56 Å². The fourth-order valence-electron chi connectivity index (χ4n) is 3.02. The van der Waals surface area contributed by atoms with Crippen LogP contribution in [0.25, 0.3) is 0 Å². The molecule has 1 aromatic rings. The first-order chi connectivity index (χ1) is 20.2. The van der Waals surface area contributed by atoms with Crippen LogP contribution in [0.5, 0.6) is 0 Å². The molecule has 14 heteroatoms. The highest BCUT2D eigenvalue weighted by atomic mass is 32.2. The maximum absolute atomic E-state index is 12.1. The number of ether oxygens (including phenoxy) is 8. The van der Waals surface area contributed by atoms with Crippen molar-refractivity contribution in [1.29, 1.82) is 0 Å². The third-order valence-corrected chi connectivity index (χ3v) is 7.54. The molecule has 0 radical (unpaired) electrons. The minimum Gasteiger partial charge on any atom is -0.415 e. The predicted octanol–water partition coefficient (Wildman–Crippen LogP) is 2.68. The van der Waals surface area contributed by atoms with Crippen molar-refractivity contribution in [3.63, 3.8) is 0 Å². The molecule has 0 atom stereocenters. The molecule has 1 aromatic carbocycles. The molecule has 0 heterocycles. The Balaban J connectivity index is 1.72. The maximum Gasteiger partial charge on any atom is 0.297 e. The number of hydrogen-bond donors (Lipinski definition) is 0. The van der Waals surface area contributed by atoms with Crippen molar-refractivity contribution in [1.82, 2.24) is 0 Å². The van der Waals surface area contributed by atoms with E-state index >= 15 is 0 Å². The fraction of sp³-hybridized carbons (Fsp3) is 0.786. The third-order valence-electron chi connectivity index (χ3n) is 5.14. The zero-order valence-corrected chi connectivity index (χ0v) is 27.7. The summed E-state index contributed by atoms with van der Waals surface area (Å²) < 4.78 is 78.3. The molecule has 0 aromatic heterocycles. The van der Waals surface area contributed by atoms with Gasteiger partial charge in [0.2, 0.25) is 0 Å². The van der Waals surface area contributed by atoms with Crippen LogP contribution in [0.4, 0.5) is 0 Å². The van der Waals surface area contributed by atoms with Crippen molar-refractivity contribution in [3.05, 3.63) is 29.8 Å². The van der Waals surface area contributed by atoms with E-state index in [1.54, 1.807) is 12.1 Å². The Morgan fingerprint density at radius 1 is 0.476 bits per heavy atom. The summed E-state index contributed by atoms with van der Waals surface area (Å²) in [5, 5.41) is 0. The van der Waals surface area contributed by atoms with Gasteiger partial charge in [0, 0.05) is 0 Å². The van der Waals surface area contributed by atoms with Gasteiger partial charge in [-0.2, -0.15) is 8.42 Å². The Morgan fingerprint density at radius 2 is 0.762 bits per heavy atom. The molecule has 0 aliphatic carbocycles. The van der Waals surface area contributed by atoms with E-state index in [0.29, 0.717) is 106 Å². The molecule has 246 valence electrons. The van der Waals surface area contributed by atoms with E-state index in [2.05, 4.69) is 19.6 Å². The maximum atomic E-state index is 12.1. The Kier molecular flexibility index (Phi) is 23.5. The summed E-state index contributed by atoms with van der Waals surface area (Å²) in [7, 11) is -5.22. The van der Waals surface area contributed by atoms with Gasteiger partial charge < -0.3 is 42.3 Å². The lowest BCUT2D eigenvalue weighted by Crippen LogP contribution is -2.27. The molecule has 0 aliphatic rings. The molecular weight excluding hydrogens is 588 g/mol. The van der Waals surface area contributed by atoms with E-state index in [1.807, 2.05) is 6.92 Å². The second kappa shape index (κ2) is 25.3. The van der Waals surface area contributed by atoms with Gasteiger partial charge in [-0.1, -0.05) is 17.7 Å². The molecular formula is C28H52O12SSi. The molecule has 1 rings (SSSR count). The molecule has 12 nitrogen and oxygen atoms in total. The van der Waals surface area contributed by atoms with E-state index < -0.39 is 18.4 Å². The van der Waals surface area contributed by atoms with Gasteiger partial charge in [-0.15, -0.1) is 0 Å². The topological polar surface area (TPSA) is 126 Å². The molecule has 0 saturated carbocycles. The SMILES string of the molecule is Cc1ccc(S(=O)(=O)OCCOCCOCCOCCOCCOCCOCCOCCOCCO[Si](C)(C)C)cc1. The first-order valence-electron chi connectivity index (χ1n) is 14.4. The highest BCUT2D eigenvalue weighted by Crippen LogP contribution is 2.12. The van der Waals surface area contributed by atoms with E-state index in [4.69, 9.17) is 46.5 Å². The van der Waals surface area contributed by atoms with Gasteiger partial charge in [-0.25, -0.2) is 0 Å². The van der Waals surface area contributed by atoms with Crippen molar-refractivity contribution in [2.24, 2.45) is 0 Å². The molecule has 0 unspecified atom stereocenters. The summed E-state index contributed by atoms with van der Waals surface area (Å²) >= 11 is 0. The van der Waals surface area contributed by atoms with E-state index in [1.165, 1.54) is 12.1 Å². The largest absolute Gasteiger partial charge is 0.415 e. The van der Waals surface area contributed by atoms with Crippen molar-refractivity contribution in [2.75, 3.05) is 119 Å². The Morgan fingerprint density at radius 3 is 1.07 bits per heavy atom. The van der Waals surface area contributed by atoms with Crippen LogP contribution in [-0.2, 0) is 56.6 Å². The standard InChI is InChI=1S/C28H52O12SSi/c1-27-5-7-28(8-6-27)41(29,30)39-25-23-37-21-19-35-17-15-33-13-11-31-9-10-32-12-14-34-16-18-36-20-22-38-24-26-40-42(2,3)4/h5-8H,9-26H2,1-4H3. The molecule has 0 fully saturated rings. The van der Waals surface area contributed by atoms with Crippen LogP contribution in [0, 0.1) is 6.92 Å². The van der Waals surface area contributed by atoms with Gasteiger partial charge >= 0.3 is 0 Å². The van der Waals surface area contributed by atoms with Crippen LogP contribution in [0.2, 0.25) is 19.6 Å². The summed E-state index contributed by atoms with van der Waals surface area (Å²) in [5.41, 5.74) is 0.978. The second-order valence-electron chi connectivity index (χ2n) is 9.95. The Hall–Kier alpha value is -1.01. The van der Waals surface area contributed by atoms with Crippen molar-refractivity contribution < 1.29 is 54.9 Å². The van der Waals surface area contributed by atoms with Crippen LogP contribution in [-0.4, -0.2) is 136 Å². The van der Waals surface area contributed by atoms with Gasteiger partial charge in [0.05, 0.1) is 124 Å². The second-order valence-corrected chi connectivity index (χ2v) is 16.1. The summed E-state index contributed by atoms with van der Waals surface area (Å²) in [4.78, 5) is 0.131. The highest BCUT2D eigenvalue weighted by molar-refractivity contribution is 7.86. The number of aryl methyl sites for hydroxylation is 1. The van der Waals surface area contributed by atoms with Crippen molar-refractivity contribution in [3.8, 4) is 0 Å². The van der Waals surface area contributed by atoms with Gasteiger partial charge in [0.1, 0.15) is 0 Å². The minimum atomic E-state index is -3.77. The van der Waals surface area contributed by atoms with Crippen LogP contribution in [0.3, 0.4) is 0 Å². The normalized spacial score (nSPS) is 12.3. The summed E-state index contributed by atoms with van der Waals surface area (Å²) in [6.07, 6.45) is 0. The highest BCUT2D eigenvalue weighted by Gasteiger charge is 2.14. The zero-order valence-electron chi connectivity index (χ0n) is 25.8. The van der Waals surface area contributed by atoms with E-state index in [0.717, 1.165) is 5.56 Å². The Bertz CT molecular complexity index is 849. The summed E-state index contributed by atoms with van der Waals surface area (Å²) in [6.45, 7) is 16.3. The summed E-state index contributed by atoms with van der Waals surface area (Å²) in [6, 6.07) is 6.49. The molecule has 0 aliphatic heterocycles. The lowest BCUT2D eigenvalue weighted by atomic mass is 10.2. The molecule has 0 saturated heterocycles. The average molecular weight is 641 g/mol.